The average molecular weight is 365 g/mol. The molecule has 0 saturated carbocycles. The van der Waals surface area contributed by atoms with E-state index in [0.29, 0.717) is 30.9 Å². The molecule has 0 saturated heterocycles. The number of carbonyl (C=O) groups is 1. The largest absolute Gasteiger partial charge is 0.492 e. The molecule has 0 bridgehead atoms. The first-order valence-electron chi connectivity index (χ1n) is 8.79. The van der Waals surface area contributed by atoms with Crippen LogP contribution in [0.15, 0.2) is 48.8 Å². The fourth-order valence-corrected chi connectivity index (χ4v) is 3.08. The Labute approximate surface area is 156 Å². The van der Waals surface area contributed by atoms with Gasteiger partial charge in [0, 0.05) is 12.6 Å². The van der Waals surface area contributed by atoms with Gasteiger partial charge in [0.1, 0.15) is 11.5 Å². The summed E-state index contributed by atoms with van der Waals surface area (Å²) in [5.74, 6) is 0.464. The van der Waals surface area contributed by atoms with Gasteiger partial charge in [-0.15, -0.1) is 0 Å². The van der Waals surface area contributed by atoms with E-state index in [0.717, 1.165) is 28.9 Å². The molecule has 7 heteroatoms. The van der Waals surface area contributed by atoms with Gasteiger partial charge < -0.3 is 14.6 Å². The Kier molecular flexibility index (Phi) is 4.74. The van der Waals surface area contributed by atoms with Crippen LogP contribution in [0.2, 0.25) is 0 Å². The molecule has 0 amide bonds. The van der Waals surface area contributed by atoms with Crippen LogP contribution in [-0.2, 0) is 17.6 Å². The highest BCUT2D eigenvalue weighted by Crippen LogP contribution is 2.29. The Balaban J connectivity index is 1.32. The first-order valence-corrected chi connectivity index (χ1v) is 8.79. The van der Waals surface area contributed by atoms with E-state index < -0.39 is 12.1 Å². The van der Waals surface area contributed by atoms with Gasteiger partial charge in [0.05, 0.1) is 24.2 Å². The second-order valence-corrected chi connectivity index (χ2v) is 6.37. The first kappa shape index (κ1) is 17.1. The molecule has 4 rings (SSSR count). The Bertz CT molecular complexity index is 923. The van der Waals surface area contributed by atoms with Crippen LogP contribution in [0.5, 0.6) is 11.5 Å². The standard InChI is InChI=1S/C20H19N3O4/c24-20(25)19-6-2-14-11-13(1-5-18(14)27-19)8-10-26-15-3-4-16(21-12-15)17-7-9-22-23-17/h1,3-5,7,9,11-12,19H,2,6,8,10H2,(H,22,23)(H,24,25)/t19-/m0/s1. The summed E-state index contributed by atoms with van der Waals surface area (Å²) < 4.78 is 11.3. The minimum Gasteiger partial charge on any atom is -0.492 e. The van der Waals surface area contributed by atoms with E-state index in [-0.39, 0.29) is 0 Å². The van der Waals surface area contributed by atoms with E-state index in [1.807, 2.05) is 30.3 Å². The van der Waals surface area contributed by atoms with Gasteiger partial charge in [0.15, 0.2) is 6.10 Å². The molecule has 3 heterocycles. The third kappa shape index (κ3) is 3.92. The van der Waals surface area contributed by atoms with E-state index in [1.54, 1.807) is 12.4 Å². The number of hydrogen-bond acceptors (Lipinski definition) is 5. The maximum Gasteiger partial charge on any atom is 0.344 e. The van der Waals surface area contributed by atoms with Crippen LogP contribution >= 0.6 is 0 Å². The van der Waals surface area contributed by atoms with Crippen LogP contribution in [-0.4, -0.2) is 39.0 Å². The molecule has 2 N–H and O–H groups in total. The highest BCUT2D eigenvalue weighted by atomic mass is 16.5. The van der Waals surface area contributed by atoms with Crippen molar-refractivity contribution < 1.29 is 19.4 Å². The number of aromatic nitrogens is 3. The number of nitrogens with one attached hydrogen (secondary N) is 1. The monoisotopic (exact) mass is 365 g/mol. The van der Waals surface area contributed by atoms with E-state index in [9.17, 15) is 4.79 Å². The summed E-state index contributed by atoms with van der Waals surface area (Å²) in [4.78, 5) is 15.4. The molecule has 2 aromatic heterocycles. The molecule has 27 heavy (non-hydrogen) atoms. The molecule has 0 fully saturated rings. The molecule has 1 aliphatic rings. The Morgan fingerprint density at radius 3 is 2.96 bits per heavy atom. The molecular formula is C20H19N3O4. The van der Waals surface area contributed by atoms with Crippen molar-refractivity contribution in [3.8, 4) is 22.9 Å². The number of H-pyrrole nitrogens is 1. The Morgan fingerprint density at radius 2 is 2.22 bits per heavy atom. The van der Waals surface area contributed by atoms with Crippen molar-refractivity contribution in [3.05, 3.63) is 59.9 Å². The molecule has 0 spiro atoms. The molecule has 7 nitrogen and oxygen atoms in total. The van der Waals surface area contributed by atoms with E-state index >= 15 is 0 Å². The smallest absolute Gasteiger partial charge is 0.344 e. The van der Waals surface area contributed by atoms with Crippen molar-refractivity contribution in [1.29, 1.82) is 0 Å². The number of aryl methyl sites for hydroxylation is 1. The summed E-state index contributed by atoms with van der Waals surface area (Å²) in [6.07, 6.45) is 4.59. The van der Waals surface area contributed by atoms with Gasteiger partial charge in [-0.1, -0.05) is 12.1 Å². The number of aromatic amines is 1. The topological polar surface area (TPSA) is 97.3 Å². The number of aliphatic carboxylic acids is 1. The molecule has 1 atom stereocenters. The fourth-order valence-electron chi connectivity index (χ4n) is 3.08. The molecule has 0 aliphatic carbocycles. The number of rotatable bonds is 6. The van der Waals surface area contributed by atoms with Crippen molar-refractivity contribution in [1.82, 2.24) is 15.2 Å². The lowest BCUT2D eigenvalue weighted by molar-refractivity contribution is -0.145. The quantitative estimate of drug-likeness (QED) is 0.697. The Morgan fingerprint density at radius 1 is 1.30 bits per heavy atom. The van der Waals surface area contributed by atoms with Crippen molar-refractivity contribution >= 4 is 5.97 Å². The summed E-state index contributed by atoms with van der Waals surface area (Å²) in [7, 11) is 0. The van der Waals surface area contributed by atoms with Gasteiger partial charge in [0.25, 0.3) is 0 Å². The maximum absolute atomic E-state index is 11.0. The number of carboxylic acid groups (broad SMARTS) is 1. The third-order valence-electron chi connectivity index (χ3n) is 4.52. The van der Waals surface area contributed by atoms with Crippen molar-refractivity contribution in [3.63, 3.8) is 0 Å². The summed E-state index contributed by atoms with van der Waals surface area (Å²) >= 11 is 0. The predicted octanol–water partition coefficient (Wildman–Crippen LogP) is 2.87. The van der Waals surface area contributed by atoms with E-state index in [2.05, 4.69) is 21.2 Å². The van der Waals surface area contributed by atoms with Crippen LogP contribution in [0, 0.1) is 0 Å². The van der Waals surface area contributed by atoms with Crippen LogP contribution < -0.4 is 9.47 Å². The van der Waals surface area contributed by atoms with Crippen LogP contribution in [0.25, 0.3) is 11.4 Å². The van der Waals surface area contributed by atoms with Gasteiger partial charge in [0.2, 0.25) is 0 Å². The second kappa shape index (κ2) is 7.49. The number of ether oxygens (including phenoxy) is 2. The Hall–Kier alpha value is -3.35. The zero-order valence-corrected chi connectivity index (χ0v) is 14.6. The lowest BCUT2D eigenvalue weighted by Crippen LogP contribution is -2.30. The summed E-state index contributed by atoms with van der Waals surface area (Å²) in [5, 5.41) is 15.9. The highest BCUT2D eigenvalue weighted by Gasteiger charge is 2.25. The highest BCUT2D eigenvalue weighted by molar-refractivity contribution is 5.73. The lowest BCUT2D eigenvalue weighted by atomic mass is 9.99. The SMILES string of the molecule is O=C(O)[C@@H]1CCc2cc(CCOc3ccc(-c4ccn[nH]4)nc3)ccc2O1. The number of benzene rings is 1. The zero-order valence-electron chi connectivity index (χ0n) is 14.6. The normalized spacial score (nSPS) is 15.6. The second-order valence-electron chi connectivity index (χ2n) is 6.37. The van der Waals surface area contributed by atoms with Gasteiger partial charge in [-0.05, 0) is 48.2 Å². The predicted molar refractivity (Wildman–Crippen MR) is 97.8 cm³/mol. The van der Waals surface area contributed by atoms with Crippen LogP contribution in [0.4, 0.5) is 0 Å². The van der Waals surface area contributed by atoms with Crippen LogP contribution in [0.3, 0.4) is 0 Å². The number of carboxylic acids is 1. The number of hydrogen-bond donors (Lipinski definition) is 2. The fraction of sp³-hybridized carbons (Fsp3) is 0.250. The van der Waals surface area contributed by atoms with Gasteiger partial charge in [-0.3, -0.25) is 10.1 Å². The number of fused-ring (bicyclic) bond motifs is 1. The molecule has 1 aliphatic heterocycles. The molecular weight excluding hydrogens is 346 g/mol. The molecule has 3 aromatic rings. The van der Waals surface area contributed by atoms with Crippen LogP contribution in [0.1, 0.15) is 17.5 Å². The average Bonchev–Trinajstić information content (AvgIpc) is 3.23. The van der Waals surface area contributed by atoms with E-state index in [4.69, 9.17) is 14.6 Å². The minimum atomic E-state index is -0.912. The lowest BCUT2D eigenvalue weighted by Gasteiger charge is -2.23. The summed E-state index contributed by atoms with van der Waals surface area (Å²) in [6.45, 7) is 0.530. The molecule has 1 aromatic carbocycles. The number of nitrogens with zero attached hydrogens (tertiary/aromatic N) is 2. The summed E-state index contributed by atoms with van der Waals surface area (Å²) in [5.41, 5.74) is 3.86. The minimum absolute atomic E-state index is 0.497. The van der Waals surface area contributed by atoms with Crippen molar-refractivity contribution in [2.24, 2.45) is 0 Å². The van der Waals surface area contributed by atoms with Gasteiger partial charge >= 0.3 is 5.97 Å². The summed E-state index contributed by atoms with van der Waals surface area (Å²) in [6, 6.07) is 11.5. The van der Waals surface area contributed by atoms with Crippen molar-refractivity contribution in [2.45, 2.75) is 25.4 Å². The van der Waals surface area contributed by atoms with E-state index in [1.165, 1.54) is 0 Å². The molecule has 0 unspecified atom stereocenters. The van der Waals surface area contributed by atoms with Gasteiger partial charge in [-0.2, -0.15) is 5.10 Å². The molecule has 0 radical (unpaired) electrons. The molecule has 138 valence electrons. The maximum atomic E-state index is 11.0. The zero-order chi connectivity index (χ0) is 18.6. The third-order valence-corrected chi connectivity index (χ3v) is 4.52. The van der Waals surface area contributed by atoms with Gasteiger partial charge in [-0.25, -0.2) is 4.79 Å². The number of pyridine rings is 1. The van der Waals surface area contributed by atoms with Crippen molar-refractivity contribution in [2.75, 3.05) is 6.61 Å². The first-order chi connectivity index (χ1) is 13.2.